The third-order valence-corrected chi connectivity index (χ3v) is 5.17. The van der Waals surface area contributed by atoms with Crippen molar-refractivity contribution in [1.82, 2.24) is 0 Å². The molecule has 1 atom stereocenters. The quantitative estimate of drug-likeness (QED) is 0.525. The molecule has 0 aromatic heterocycles. The van der Waals surface area contributed by atoms with Crippen LogP contribution >= 0.6 is 0 Å². The summed E-state index contributed by atoms with van der Waals surface area (Å²) in [6, 6.07) is 24.8. The van der Waals surface area contributed by atoms with E-state index in [1.54, 1.807) is 6.07 Å². The molecule has 160 valence electrons. The van der Waals surface area contributed by atoms with Gasteiger partial charge in [0.2, 0.25) is 0 Å². The van der Waals surface area contributed by atoms with Gasteiger partial charge in [-0.1, -0.05) is 48.5 Å². The number of para-hydroxylation sites is 1. The van der Waals surface area contributed by atoms with Gasteiger partial charge in [0.25, 0.3) is 5.91 Å². The van der Waals surface area contributed by atoms with Crippen molar-refractivity contribution in [1.29, 1.82) is 0 Å². The van der Waals surface area contributed by atoms with Crippen molar-refractivity contribution < 1.29 is 19.0 Å². The Morgan fingerprint density at radius 1 is 0.968 bits per heavy atom. The second-order valence-corrected chi connectivity index (χ2v) is 7.51. The molecule has 4 rings (SSSR count). The maximum Gasteiger partial charge on any atom is 0.259 e. The number of amides is 1. The molecular formula is C26H27NO4. The van der Waals surface area contributed by atoms with Gasteiger partial charge in [0.1, 0.15) is 18.1 Å². The summed E-state index contributed by atoms with van der Waals surface area (Å²) in [5.74, 6) is 1.06. The van der Waals surface area contributed by atoms with Gasteiger partial charge in [-0.05, 0) is 42.7 Å². The van der Waals surface area contributed by atoms with Gasteiger partial charge in [-0.25, -0.2) is 0 Å². The van der Waals surface area contributed by atoms with Crippen LogP contribution in [-0.4, -0.2) is 31.8 Å². The van der Waals surface area contributed by atoms with E-state index in [4.69, 9.17) is 14.2 Å². The molecule has 0 saturated carbocycles. The third kappa shape index (κ3) is 6.09. The lowest BCUT2D eigenvalue weighted by Crippen LogP contribution is -2.16. The van der Waals surface area contributed by atoms with Gasteiger partial charge >= 0.3 is 0 Å². The van der Waals surface area contributed by atoms with Gasteiger partial charge in [-0.15, -0.1) is 0 Å². The first kappa shape index (κ1) is 20.9. The number of hydrogen-bond donors (Lipinski definition) is 1. The van der Waals surface area contributed by atoms with E-state index in [9.17, 15) is 4.79 Å². The van der Waals surface area contributed by atoms with Crippen molar-refractivity contribution in [2.24, 2.45) is 0 Å². The zero-order valence-electron chi connectivity index (χ0n) is 17.5. The van der Waals surface area contributed by atoms with E-state index in [1.807, 2.05) is 60.7 Å². The van der Waals surface area contributed by atoms with Gasteiger partial charge < -0.3 is 19.5 Å². The molecule has 31 heavy (non-hydrogen) atoms. The van der Waals surface area contributed by atoms with Crippen LogP contribution in [0.15, 0.2) is 78.9 Å². The first-order chi connectivity index (χ1) is 15.3. The van der Waals surface area contributed by atoms with Gasteiger partial charge in [0.15, 0.2) is 0 Å². The first-order valence-electron chi connectivity index (χ1n) is 10.7. The van der Waals surface area contributed by atoms with Gasteiger partial charge in [-0.3, -0.25) is 4.79 Å². The summed E-state index contributed by atoms with van der Waals surface area (Å²) in [5, 5.41) is 2.94. The van der Waals surface area contributed by atoms with Crippen LogP contribution in [0, 0.1) is 0 Å². The van der Waals surface area contributed by atoms with Crippen molar-refractivity contribution in [3.05, 3.63) is 90.0 Å². The molecule has 0 aliphatic carbocycles. The highest BCUT2D eigenvalue weighted by Gasteiger charge is 2.16. The molecule has 1 N–H and O–H groups in total. The molecule has 0 bridgehead atoms. The van der Waals surface area contributed by atoms with Crippen LogP contribution in [0.5, 0.6) is 11.5 Å². The Balaban J connectivity index is 1.35. The number of benzene rings is 3. The van der Waals surface area contributed by atoms with Gasteiger partial charge in [-0.2, -0.15) is 0 Å². The Labute approximate surface area is 183 Å². The average molecular weight is 418 g/mol. The molecule has 1 aliphatic rings. The predicted octanol–water partition coefficient (Wildman–Crippen LogP) is 5.12. The smallest absolute Gasteiger partial charge is 0.259 e. The molecule has 3 aromatic carbocycles. The van der Waals surface area contributed by atoms with E-state index in [2.05, 4.69) is 17.4 Å². The number of nitrogens with one attached hydrogen (secondary N) is 1. The van der Waals surface area contributed by atoms with E-state index in [0.717, 1.165) is 25.9 Å². The molecule has 1 unspecified atom stereocenters. The number of ether oxygens (including phenoxy) is 3. The Hall–Kier alpha value is -3.31. The fraction of sp³-hybridized carbons (Fsp3) is 0.269. The van der Waals surface area contributed by atoms with Crippen LogP contribution in [0.2, 0.25) is 0 Å². The first-order valence-corrected chi connectivity index (χ1v) is 10.7. The Bertz CT molecular complexity index is 983. The number of anilines is 1. The van der Waals surface area contributed by atoms with Crippen molar-refractivity contribution in [3.8, 4) is 11.5 Å². The summed E-state index contributed by atoms with van der Waals surface area (Å²) in [4.78, 5) is 12.9. The van der Waals surface area contributed by atoms with E-state index < -0.39 is 0 Å². The Morgan fingerprint density at radius 3 is 2.65 bits per heavy atom. The third-order valence-electron chi connectivity index (χ3n) is 5.17. The molecule has 1 fully saturated rings. The molecule has 1 amide bonds. The fourth-order valence-corrected chi connectivity index (χ4v) is 3.53. The molecule has 0 spiro atoms. The normalized spacial score (nSPS) is 15.4. The minimum Gasteiger partial charge on any atom is -0.492 e. The monoisotopic (exact) mass is 417 g/mol. The second-order valence-electron chi connectivity index (χ2n) is 7.51. The summed E-state index contributed by atoms with van der Waals surface area (Å²) in [6.45, 7) is 1.83. The minimum absolute atomic E-state index is 0.151. The van der Waals surface area contributed by atoms with Crippen molar-refractivity contribution in [2.45, 2.75) is 25.4 Å². The summed E-state index contributed by atoms with van der Waals surface area (Å²) >= 11 is 0. The van der Waals surface area contributed by atoms with E-state index >= 15 is 0 Å². The lowest BCUT2D eigenvalue weighted by atomic mass is 10.1. The Morgan fingerprint density at radius 2 is 1.81 bits per heavy atom. The van der Waals surface area contributed by atoms with Crippen LogP contribution in [0.4, 0.5) is 5.69 Å². The SMILES string of the molecule is O=C(Nc1cccc(OCC2CCCO2)c1)c1ccccc1OCCc1ccccc1. The van der Waals surface area contributed by atoms with Crippen molar-refractivity contribution in [2.75, 3.05) is 25.1 Å². The molecule has 5 nitrogen and oxygen atoms in total. The average Bonchev–Trinajstić information content (AvgIpc) is 3.33. The zero-order chi connectivity index (χ0) is 21.3. The lowest BCUT2D eigenvalue weighted by Gasteiger charge is -2.14. The summed E-state index contributed by atoms with van der Waals surface area (Å²) in [7, 11) is 0. The van der Waals surface area contributed by atoms with Gasteiger partial charge in [0, 0.05) is 24.8 Å². The predicted molar refractivity (Wildman–Crippen MR) is 121 cm³/mol. The van der Waals surface area contributed by atoms with E-state index in [1.165, 1.54) is 5.56 Å². The highest BCUT2D eigenvalue weighted by atomic mass is 16.5. The number of rotatable bonds is 9. The van der Waals surface area contributed by atoms with Crippen LogP contribution < -0.4 is 14.8 Å². The molecule has 3 aromatic rings. The molecule has 1 saturated heterocycles. The maximum absolute atomic E-state index is 12.9. The van der Waals surface area contributed by atoms with Crippen LogP contribution in [-0.2, 0) is 11.2 Å². The topological polar surface area (TPSA) is 56.8 Å². The zero-order valence-corrected chi connectivity index (χ0v) is 17.5. The van der Waals surface area contributed by atoms with Crippen molar-refractivity contribution >= 4 is 11.6 Å². The number of carbonyl (C=O) groups is 1. The molecule has 5 heteroatoms. The number of carbonyl (C=O) groups excluding carboxylic acids is 1. The van der Waals surface area contributed by atoms with E-state index in [0.29, 0.717) is 36.0 Å². The van der Waals surface area contributed by atoms with Gasteiger partial charge in [0.05, 0.1) is 18.3 Å². The second kappa shape index (κ2) is 10.6. The van der Waals surface area contributed by atoms with Crippen LogP contribution in [0.3, 0.4) is 0 Å². The standard InChI is InChI=1S/C26H27NO4/c28-26(27-21-10-6-11-22(18-21)31-19-23-12-7-16-29-23)24-13-4-5-14-25(24)30-17-15-20-8-2-1-3-9-20/h1-6,8-11,13-14,18,23H,7,12,15-17,19H2,(H,27,28). The largest absolute Gasteiger partial charge is 0.492 e. The molecule has 0 radical (unpaired) electrons. The van der Waals surface area contributed by atoms with Crippen LogP contribution in [0.25, 0.3) is 0 Å². The lowest BCUT2D eigenvalue weighted by molar-refractivity contribution is 0.0680. The molecule has 1 heterocycles. The minimum atomic E-state index is -0.216. The molecule has 1 aliphatic heterocycles. The van der Waals surface area contributed by atoms with Crippen LogP contribution in [0.1, 0.15) is 28.8 Å². The summed E-state index contributed by atoms with van der Waals surface area (Å²) in [5.41, 5.74) is 2.37. The fourth-order valence-electron chi connectivity index (χ4n) is 3.53. The van der Waals surface area contributed by atoms with E-state index in [-0.39, 0.29) is 12.0 Å². The maximum atomic E-state index is 12.9. The Kier molecular flexibility index (Phi) is 7.19. The highest BCUT2D eigenvalue weighted by Crippen LogP contribution is 2.23. The number of hydrogen-bond acceptors (Lipinski definition) is 4. The highest BCUT2D eigenvalue weighted by molar-refractivity contribution is 6.06. The van der Waals surface area contributed by atoms with Crippen molar-refractivity contribution in [3.63, 3.8) is 0 Å². The summed E-state index contributed by atoms with van der Waals surface area (Å²) < 4.78 is 17.3. The molecular weight excluding hydrogens is 390 g/mol. The summed E-state index contributed by atoms with van der Waals surface area (Å²) in [6.07, 6.45) is 3.04.